The average molecular weight is 223 g/mol. The van der Waals surface area contributed by atoms with Crippen LogP contribution in [0.3, 0.4) is 0 Å². The lowest BCUT2D eigenvalue weighted by Crippen LogP contribution is -1.97. The molecule has 0 aliphatic heterocycles. The lowest BCUT2D eigenvalue weighted by molar-refractivity contribution is 0.0696. The highest BCUT2D eigenvalue weighted by Gasteiger charge is 2.10. The van der Waals surface area contributed by atoms with E-state index in [-0.39, 0.29) is 5.56 Å². The smallest absolute Gasteiger partial charge is 0.335 e. The van der Waals surface area contributed by atoms with Gasteiger partial charge in [-0.2, -0.15) is 4.37 Å². The van der Waals surface area contributed by atoms with Gasteiger partial charge in [0.15, 0.2) is 0 Å². The Labute approximate surface area is 89.0 Å². The topological polar surface area (TPSA) is 50.2 Å². The number of aromatic carboxylic acids is 1. The number of aromatic nitrogens is 1. The zero-order valence-electron chi connectivity index (χ0n) is 7.48. The highest BCUT2D eigenvalue weighted by molar-refractivity contribution is 7.03. The molecule has 0 bridgehead atoms. The van der Waals surface area contributed by atoms with Crippen LogP contribution >= 0.6 is 11.5 Å². The largest absolute Gasteiger partial charge is 0.478 e. The molecule has 0 aliphatic carbocycles. The fourth-order valence-electron chi connectivity index (χ4n) is 1.21. The molecule has 2 rings (SSSR count). The number of nitrogens with zero attached hydrogens (tertiary/aromatic N) is 1. The second kappa shape index (κ2) is 3.78. The molecule has 15 heavy (non-hydrogen) atoms. The van der Waals surface area contributed by atoms with Gasteiger partial charge in [0.25, 0.3) is 0 Å². The van der Waals surface area contributed by atoms with Gasteiger partial charge in [-0.25, -0.2) is 9.18 Å². The highest BCUT2D eigenvalue weighted by Crippen LogP contribution is 2.22. The molecule has 1 aromatic carbocycles. The van der Waals surface area contributed by atoms with Crippen LogP contribution in [0.25, 0.3) is 11.3 Å². The Morgan fingerprint density at radius 2 is 2.20 bits per heavy atom. The maximum absolute atomic E-state index is 13.5. The zero-order valence-corrected chi connectivity index (χ0v) is 8.29. The molecule has 0 aliphatic rings. The van der Waals surface area contributed by atoms with Gasteiger partial charge in [-0.15, -0.1) is 0 Å². The van der Waals surface area contributed by atoms with Gasteiger partial charge >= 0.3 is 5.97 Å². The number of rotatable bonds is 2. The van der Waals surface area contributed by atoms with E-state index in [1.54, 1.807) is 11.4 Å². The monoisotopic (exact) mass is 223 g/mol. The number of hydrogen-bond donors (Lipinski definition) is 1. The van der Waals surface area contributed by atoms with Gasteiger partial charge in [0.05, 0.1) is 11.3 Å². The standard InChI is InChI=1S/C10H6FNO2S/c11-8-5-6(10(13)14)1-2-7(8)9-3-4-15-12-9/h1-5H,(H,13,14). The second-order valence-corrected chi connectivity index (χ2v) is 3.55. The quantitative estimate of drug-likeness (QED) is 0.851. The summed E-state index contributed by atoms with van der Waals surface area (Å²) in [4.78, 5) is 10.6. The number of halogens is 1. The molecular weight excluding hydrogens is 217 g/mol. The number of carbonyl (C=O) groups is 1. The first-order valence-electron chi connectivity index (χ1n) is 4.12. The Morgan fingerprint density at radius 3 is 2.73 bits per heavy atom. The van der Waals surface area contributed by atoms with Gasteiger partial charge in [0.2, 0.25) is 0 Å². The predicted octanol–water partition coefficient (Wildman–Crippen LogP) is 2.65. The number of benzene rings is 1. The molecule has 0 atom stereocenters. The minimum Gasteiger partial charge on any atom is -0.478 e. The molecule has 0 radical (unpaired) electrons. The van der Waals surface area contributed by atoms with E-state index in [1.807, 2.05) is 0 Å². The molecule has 0 unspecified atom stereocenters. The maximum Gasteiger partial charge on any atom is 0.335 e. The van der Waals surface area contributed by atoms with E-state index in [4.69, 9.17) is 5.11 Å². The SMILES string of the molecule is O=C(O)c1ccc(-c2ccsn2)c(F)c1. The fourth-order valence-corrected chi connectivity index (χ4v) is 1.73. The Hall–Kier alpha value is -1.75. The third-order valence-electron chi connectivity index (χ3n) is 1.93. The Balaban J connectivity index is 2.48. The summed E-state index contributed by atoms with van der Waals surface area (Å²) in [6.07, 6.45) is 0. The van der Waals surface area contributed by atoms with Crippen molar-refractivity contribution in [2.75, 3.05) is 0 Å². The van der Waals surface area contributed by atoms with Gasteiger partial charge in [0, 0.05) is 10.9 Å². The summed E-state index contributed by atoms with van der Waals surface area (Å²) in [7, 11) is 0. The van der Waals surface area contributed by atoms with Gasteiger partial charge < -0.3 is 5.11 Å². The summed E-state index contributed by atoms with van der Waals surface area (Å²) in [5, 5.41) is 10.4. The van der Waals surface area contributed by atoms with Crippen molar-refractivity contribution in [1.82, 2.24) is 4.37 Å². The van der Waals surface area contributed by atoms with Crippen molar-refractivity contribution in [2.24, 2.45) is 0 Å². The van der Waals surface area contributed by atoms with E-state index >= 15 is 0 Å². The first-order chi connectivity index (χ1) is 7.18. The predicted molar refractivity (Wildman–Crippen MR) is 54.5 cm³/mol. The van der Waals surface area contributed by atoms with Crippen LogP contribution in [0, 0.1) is 5.82 Å². The molecule has 5 heteroatoms. The maximum atomic E-state index is 13.5. The van der Waals surface area contributed by atoms with Crippen LogP contribution in [0.2, 0.25) is 0 Å². The first-order valence-corrected chi connectivity index (χ1v) is 4.96. The summed E-state index contributed by atoms with van der Waals surface area (Å²) in [5.41, 5.74) is 0.780. The molecule has 1 heterocycles. The third kappa shape index (κ3) is 1.87. The molecule has 3 nitrogen and oxygen atoms in total. The van der Waals surface area contributed by atoms with Gasteiger partial charge in [-0.1, -0.05) is 0 Å². The molecule has 0 fully saturated rings. The molecule has 0 saturated heterocycles. The molecule has 1 N–H and O–H groups in total. The van der Waals surface area contributed by atoms with Crippen molar-refractivity contribution in [3.05, 3.63) is 41.0 Å². The van der Waals surface area contributed by atoms with Crippen molar-refractivity contribution in [3.8, 4) is 11.3 Å². The average Bonchev–Trinajstić information content (AvgIpc) is 2.70. The molecule has 2 aromatic rings. The zero-order chi connectivity index (χ0) is 10.8. The van der Waals surface area contributed by atoms with Gasteiger partial charge in [-0.3, -0.25) is 0 Å². The molecule has 1 aromatic heterocycles. The Morgan fingerprint density at radius 1 is 1.40 bits per heavy atom. The number of hydrogen-bond acceptors (Lipinski definition) is 3. The molecule has 0 spiro atoms. The summed E-state index contributed by atoms with van der Waals surface area (Å²) in [6.45, 7) is 0. The van der Waals surface area contributed by atoms with Crippen molar-refractivity contribution < 1.29 is 14.3 Å². The summed E-state index contributed by atoms with van der Waals surface area (Å²) in [5.74, 6) is -1.71. The summed E-state index contributed by atoms with van der Waals surface area (Å²) < 4.78 is 17.5. The minimum atomic E-state index is -1.14. The first kappa shape index (κ1) is 9.79. The van der Waals surface area contributed by atoms with E-state index in [0.29, 0.717) is 11.3 Å². The number of carboxylic acid groups (broad SMARTS) is 1. The molecular formula is C10H6FNO2S. The van der Waals surface area contributed by atoms with Gasteiger partial charge in [0.1, 0.15) is 5.82 Å². The van der Waals surface area contributed by atoms with E-state index < -0.39 is 11.8 Å². The van der Waals surface area contributed by atoms with Gasteiger partial charge in [-0.05, 0) is 35.8 Å². The summed E-state index contributed by atoms with van der Waals surface area (Å²) in [6, 6.07) is 5.47. The van der Waals surface area contributed by atoms with Crippen LogP contribution < -0.4 is 0 Å². The normalized spacial score (nSPS) is 10.2. The van der Waals surface area contributed by atoms with Crippen molar-refractivity contribution in [3.63, 3.8) is 0 Å². The van der Waals surface area contributed by atoms with E-state index in [0.717, 1.165) is 6.07 Å². The number of carboxylic acids is 1. The third-order valence-corrected chi connectivity index (χ3v) is 2.49. The van der Waals surface area contributed by atoms with Crippen LogP contribution in [0.5, 0.6) is 0 Å². The Bertz CT molecular complexity index is 496. The summed E-state index contributed by atoms with van der Waals surface area (Å²) >= 11 is 1.22. The highest BCUT2D eigenvalue weighted by atomic mass is 32.1. The Kier molecular flexibility index (Phi) is 2.47. The molecule has 76 valence electrons. The lowest BCUT2D eigenvalue weighted by atomic mass is 10.1. The van der Waals surface area contributed by atoms with Crippen molar-refractivity contribution >= 4 is 17.5 Å². The van der Waals surface area contributed by atoms with Crippen LogP contribution in [0.4, 0.5) is 4.39 Å². The lowest BCUT2D eigenvalue weighted by Gasteiger charge is -2.00. The van der Waals surface area contributed by atoms with Crippen molar-refractivity contribution in [1.29, 1.82) is 0 Å². The van der Waals surface area contributed by atoms with E-state index in [9.17, 15) is 9.18 Å². The van der Waals surface area contributed by atoms with Crippen LogP contribution in [0.1, 0.15) is 10.4 Å². The van der Waals surface area contributed by atoms with Crippen LogP contribution in [-0.4, -0.2) is 15.4 Å². The minimum absolute atomic E-state index is 0.0634. The molecule has 0 amide bonds. The van der Waals surface area contributed by atoms with Crippen molar-refractivity contribution in [2.45, 2.75) is 0 Å². The fraction of sp³-hybridized carbons (Fsp3) is 0. The van der Waals surface area contributed by atoms with E-state index in [2.05, 4.69) is 4.37 Å². The second-order valence-electron chi connectivity index (χ2n) is 2.88. The molecule has 0 saturated carbocycles. The van der Waals surface area contributed by atoms with E-state index in [1.165, 1.54) is 23.7 Å². The van der Waals surface area contributed by atoms with Crippen LogP contribution in [-0.2, 0) is 0 Å². The van der Waals surface area contributed by atoms with Crippen LogP contribution in [0.15, 0.2) is 29.6 Å².